The molecule has 40 heavy (non-hydrogen) atoms. The van der Waals surface area contributed by atoms with E-state index >= 15 is 0 Å². The van der Waals surface area contributed by atoms with Gasteiger partial charge in [0.15, 0.2) is 11.5 Å². The summed E-state index contributed by atoms with van der Waals surface area (Å²) in [5.74, 6) is -1.17. The van der Waals surface area contributed by atoms with E-state index in [0.717, 1.165) is 44.9 Å². The Hall–Kier alpha value is -3.34. The molecule has 1 saturated carbocycles. The third kappa shape index (κ3) is 12.2. The van der Waals surface area contributed by atoms with Crippen LogP contribution in [0.5, 0.6) is 11.5 Å². The van der Waals surface area contributed by atoms with Crippen molar-refractivity contribution in [2.45, 2.75) is 97.1 Å². The largest absolute Gasteiger partial charge is 0.513 e. The van der Waals surface area contributed by atoms with E-state index in [1.807, 2.05) is 13.8 Å². The van der Waals surface area contributed by atoms with Crippen LogP contribution in [0.4, 0.5) is 9.59 Å². The normalized spacial score (nSPS) is 14.9. The highest BCUT2D eigenvalue weighted by atomic mass is 16.7. The number of hydrogen-bond donors (Lipinski definition) is 1. The van der Waals surface area contributed by atoms with Gasteiger partial charge in [0.1, 0.15) is 18.8 Å². The first-order valence-electron chi connectivity index (χ1n) is 14.2. The van der Waals surface area contributed by atoms with E-state index in [4.69, 9.17) is 34.2 Å². The second kappa shape index (κ2) is 18.1. The van der Waals surface area contributed by atoms with Crippen molar-refractivity contribution in [3.05, 3.63) is 23.8 Å². The van der Waals surface area contributed by atoms with E-state index in [9.17, 15) is 19.2 Å². The number of hydrogen-bond acceptors (Lipinski definition) is 11. The van der Waals surface area contributed by atoms with E-state index in [2.05, 4.69) is 0 Å². The van der Waals surface area contributed by atoms with Gasteiger partial charge in [-0.2, -0.15) is 0 Å². The molecule has 224 valence electrons. The molecule has 0 aliphatic heterocycles. The van der Waals surface area contributed by atoms with Crippen molar-refractivity contribution < 1.29 is 47.6 Å². The van der Waals surface area contributed by atoms with Crippen LogP contribution in [0.2, 0.25) is 0 Å². The lowest BCUT2D eigenvalue weighted by Gasteiger charge is -2.21. The first-order chi connectivity index (χ1) is 19.2. The smallest absolute Gasteiger partial charge is 0.462 e. The van der Waals surface area contributed by atoms with Crippen molar-refractivity contribution in [1.29, 1.82) is 0 Å². The molecule has 0 radical (unpaired) electrons. The molecule has 0 heterocycles. The van der Waals surface area contributed by atoms with E-state index in [1.54, 1.807) is 13.0 Å². The highest BCUT2D eigenvalue weighted by molar-refractivity contribution is 5.76. The van der Waals surface area contributed by atoms with Gasteiger partial charge in [0.05, 0.1) is 19.1 Å². The van der Waals surface area contributed by atoms with Crippen LogP contribution in [-0.4, -0.2) is 56.2 Å². The molecule has 1 aromatic rings. The molecule has 1 aliphatic rings. The van der Waals surface area contributed by atoms with Crippen molar-refractivity contribution in [2.75, 3.05) is 19.8 Å². The first-order valence-corrected chi connectivity index (χ1v) is 14.2. The fourth-order valence-electron chi connectivity index (χ4n) is 3.99. The summed E-state index contributed by atoms with van der Waals surface area (Å²) in [6.07, 6.45) is 5.29. The van der Waals surface area contributed by atoms with Crippen LogP contribution in [0.1, 0.15) is 84.1 Å². The predicted molar refractivity (Wildman–Crippen MR) is 145 cm³/mol. The van der Waals surface area contributed by atoms with Gasteiger partial charge in [0, 0.05) is 0 Å². The summed E-state index contributed by atoms with van der Waals surface area (Å²) < 4.78 is 31.2. The Labute approximate surface area is 235 Å². The number of ether oxygens (including phenoxy) is 6. The average molecular weight is 566 g/mol. The Balaban J connectivity index is 1.96. The number of carbonyl (C=O) groups is 4. The minimum atomic E-state index is -1.05. The lowest BCUT2D eigenvalue weighted by molar-refractivity contribution is -0.161. The van der Waals surface area contributed by atoms with Gasteiger partial charge in [-0.05, 0) is 56.7 Å². The highest BCUT2D eigenvalue weighted by Crippen LogP contribution is 2.30. The Kier molecular flexibility index (Phi) is 14.9. The van der Waals surface area contributed by atoms with Gasteiger partial charge in [-0.3, -0.25) is 9.59 Å². The molecule has 0 saturated heterocycles. The SMILES string of the molecule is CCCCOC(=O)Oc1ccc(C[C@H](N)C(=O)O[C@@H](C)COC(=O)C2CCCCC2)cc1OC(=O)OCCCC. The van der Waals surface area contributed by atoms with Gasteiger partial charge in [-0.15, -0.1) is 0 Å². The van der Waals surface area contributed by atoms with Gasteiger partial charge in [0.2, 0.25) is 0 Å². The summed E-state index contributed by atoms with van der Waals surface area (Å²) in [6.45, 7) is 5.85. The zero-order chi connectivity index (χ0) is 29.3. The molecule has 0 aromatic heterocycles. The van der Waals surface area contributed by atoms with E-state index in [-0.39, 0.29) is 49.6 Å². The topological polar surface area (TPSA) is 150 Å². The molecule has 1 aromatic carbocycles. The molecular formula is C29H43NO10. The van der Waals surface area contributed by atoms with Crippen molar-refractivity contribution in [1.82, 2.24) is 0 Å². The standard InChI is InChI=1S/C29H43NO10/c1-4-6-15-35-28(33)39-24-14-13-21(18-25(24)40-29(34)36-16-7-5-2)17-23(30)27(32)38-20(3)19-37-26(31)22-11-9-8-10-12-22/h13-14,18,20,22-23H,4-12,15-17,19,30H2,1-3H3/t20-,23-/m0/s1. The summed E-state index contributed by atoms with van der Waals surface area (Å²) in [6, 6.07) is 3.37. The quantitative estimate of drug-likeness (QED) is 0.129. The number of unbranched alkanes of at least 4 members (excludes halogenated alkanes) is 2. The summed E-state index contributed by atoms with van der Waals surface area (Å²) in [7, 11) is 0. The molecule has 2 rings (SSSR count). The van der Waals surface area contributed by atoms with Crippen LogP contribution in [0, 0.1) is 5.92 Å². The zero-order valence-electron chi connectivity index (χ0n) is 23.8. The maximum Gasteiger partial charge on any atom is 0.513 e. The molecule has 1 aliphatic carbocycles. The fraction of sp³-hybridized carbons (Fsp3) is 0.655. The van der Waals surface area contributed by atoms with Crippen LogP contribution < -0.4 is 15.2 Å². The molecule has 0 amide bonds. The van der Waals surface area contributed by atoms with Crippen LogP contribution in [0.15, 0.2) is 18.2 Å². The summed E-state index contributed by atoms with van der Waals surface area (Å²) in [5.41, 5.74) is 6.59. The molecule has 0 spiro atoms. The van der Waals surface area contributed by atoms with Crippen molar-refractivity contribution in [3.63, 3.8) is 0 Å². The number of benzene rings is 1. The number of carbonyl (C=O) groups excluding carboxylic acids is 4. The van der Waals surface area contributed by atoms with Crippen LogP contribution in [0.25, 0.3) is 0 Å². The van der Waals surface area contributed by atoms with Crippen molar-refractivity contribution in [3.8, 4) is 11.5 Å². The lowest BCUT2D eigenvalue weighted by Crippen LogP contribution is -2.37. The van der Waals surface area contributed by atoms with Crippen LogP contribution in [0.3, 0.4) is 0 Å². The van der Waals surface area contributed by atoms with Gasteiger partial charge < -0.3 is 34.2 Å². The van der Waals surface area contributed by atoms with Gasteiger partial charge in [-0.25, -0.2) is 9.59 Å². The molecule has 11 nitrogen and oxygen atoms in total. The first kappa shape index (κ1) is 32.9. The summed E-state index contributed by atoms with van der Waals surface area (Å²) >= 11 is 0. The Morgan fingerprint density at radius 2 is 1.48 bits per heavy atom. The maximum absolute atomic E-state index is 12.6. The van der Waals surface area contributed by atoms with Crippen molar-refractivity contribution >= 4 is 24.2 Å². The van der Waals surface area contributed by atoms with E-state index in [1.165, 1.54) is 12.1 Å². The minimum absolute atomic E-state index is 0.0376. The summed E-state index contributed by atoms with van der Waals surface area (Å²) in [5, 5.41) is 0. The second-order valence-corrected chi connectivity index (χ2v) is 9.91. The molecule has 11 heteroatoms. The third-order valence-electron chi connectivity index (χ3n) is 6.30. The molecule has 2 N–H and O–H groups in total. The van der Waals surface area contributed by atoms with Crippen LogP contribution >= 0.6 is 0 Å². The Morgan fingerprint density at radius 3 is 2.08 bits per heavy atom. The van der Waals surface area contributed by atoms with E-state index in [0.29, 0.717) is 18.4 Å². The highest BCUT2D eigenvalue weighted by Gasteiger charge is 2.25. The molecule has 0 unspecified atom stereocenters. The molecule has 0 bridgehead atoms. The number of nitrogens with two attached hydrogens (primary N) is 1. The average Bonchev–Trinajstić information content (AvgIpc) is 2.93. The maximum atomic E-state index is 12.6. The minimum Gasteiger partial charge on any atom is -0.462 e. The zero-order valence-corrected chi connectivity index (χ0v) is 23.8. The van der Waals surface area contributed by atoms with Crippen LogP contribution in [-0.2, 0) is 35.0 Å². The molecule has 1 fully saturated rings. The lowest BCUT2D eigenvalue weighted by atomic mass is 9.89. The van der Waals surface area contributed by atoms with Crippen molar-refractivity contribution in [2.24, 2.45) is 11.7 Å². The third-order valence-corrected chi connectivity index (χ3v) is 6.30. The Bertz CT molecular complexity index is 960. The number of esters is 2. The summed E-state index contributed by atoms with van der Waals surface area (Å²) in [4.78, 5) is 49.0. The fourth-order valence-corrected chi connectivity index (χ4v) is 3.99. The monoisotopic (exact) mass is 565 g/mol. The van der Waals surface area contributed by atoms with Gasteiger partial charge in [-0.1, -0.05) is 52.0 Å². The Morgan fingerprint density at radius 1 is 0.875 bits per heavy atom. The molecular weight excluding hydrogens is 522 g/mol. The van der Waals surface area contributed by atoms with Gasteiger partial charge >= 0.3 is 24.2 Å². The molecule has 2 atom stereocenters. The van der Waals surface area contributed by atoms with E-state index < -0.39 is 30.4 Å². The van der Waals surface area contributed by atoms with Gasteiger partial charge in [0.25, 0.3) is 0 Å². The predicted octanol–water partition coefficient (Wildman–Crippen LogP) is 5.24. The second-order valence-electron chi connectivity index (χ2n) is 9.91. The number of rotatable bonds is 15.